The fourth-order valence-corrected chi connectivity index (χ4v) is 1.43. The van der Waals surface area contributed by atoms with Crippen LogP contribution in [0.25, 0.3) is 0 Å². The van der Waals surface area contributed by atoms with Gasteiger partial charge in [-0.05, 0) is 12.1 Å². The van der Waals surface area contributed by atoms with E-state index in [4.69, 9.17) is 0 Å². The molecule has 0 radical (unpaired) electrons. The van der Waals surface area contributed by atoms with Gasteiger partial charge in [-0.25, -0.2) is 4.39 Å². The predicted molar refractivity (Wildman–Crippen MR) is 51.9 cm³/mol. The molecular formula is C9H9BrFNO. The smallest absolute Gasteiger partial charge is 0.224 e. The van der Waals surface area contributed by atoms with Gasteiger partial charge >= 0.3 is 0 Å². The maximum absolute atomic E-state index is 13.1. The number of hydrogen-bond donors (Lipinski definition) is 1. The lowest BCUT2D eigenvalue weighted by Gasteiger charge is -2.04. The molecule has 0 fully saturated rings. The van der Waals surface area contributed by atoms with E-state index in [-0.39, 0.29) is 18.1 Å². The van der Waals surface area contributed by atoms with Crippen molar-refractivity contribution in [2.45, 2.75) is 6.42 Å². The number of benzene rings is 1. The van der Waals surface area contributed by atoms with Gasteiger partial charge in [0, 0.05) is 17.1 Å². The molecule has 0 aliphatic carbocycles. The van der Waals surface area contributed by atoms with Crippen LogP contribution in [0, 0.1) is 5.82 Å². The molecule has 2 nitrogen and oxygen atoms in total. The van der Waals surface area contributed by atoms with Crippen LogP contribution in [0.1, 0.15) is 5.56 Å². The first-order chi connectivity index (χ1) is 6.15. The molecule has 70 valence electrons. The van der Waals surface area contributed by atoms with Gasteiger partial charge < -0.3 is 5.32 Å². The third-order valence-corrected chi connectivity index (χ3v) is 2.42. The Morgan fingerprint density at radius 3 is 2.85 bits per heavy atom. The van der Waals surface area contributed by atoms with E-state index in [0.717, 1.165) is 0 Å². The van der Waals surface area contributed by atoms with Gasteiger partial charge in [0.05, 0.1) is 6.42 Å². The highest BCUT2D eigenvalue weighted by Gasteiger charge is 2.09. The SMILES string of the molecule is CNC(=O)Cc1c(F)cccc1Br. The molecule has 0 aliphatic heterocycles. The lowest BCUT2D eigenvalue weighted by atomic mass is 10.1. The van der Waals surface area contributed by atoms with Gasteiger partial charge in [-0.3, -0.25) is 4.79 Å². The quantitative estimate of drug-likeness (QED) is 0.848. The number of likely N-dealkylation sites (N-methyl/N-ethyl adjacent to an activating group) is 1. The van der Waals surface area contributed by atoms with Gasteiger partial charge in [0.2, 0.25) is 5.91 Å². The van der Waals surface area contributed by atoms with Gasteiger partial charge in [-0.15, -0.1) is 0 Å². The zero-order valence-corrected chi connectivity index (χ0v) is 8.69. The molecule has 1 N–H and O–H groups in total. The van der Waals surface area contributed by atoms with Gasteiger partial charge in [-0.2, -0.15) is 0 Å². The summed E-state index contributed by atoms with van der Waals surface area (Å²) in [5, 5.41) is 2.44. The largest absolute Gasteiger partial charge is 0.359 e. The third kappa shape index (κ3) is 2.52. The monoisotopic (exact) mass is 245 g/mol. The second-order valence-electron chi connectivity index (χ2n) is 2.55. The highest BCUT2D eigenvalue weighted by Crippen LogP contribution is 2.19. The standard InChI is InChI=1S/C9H9BrFNO/c1-12-9(13)5-6-7(10)3-2-4-8(6)11/h2-4H,5H2,1H3,(H,12,13). The van der Waals surface area contributed by atoms with Crippen LogP contribution in [0.3, 0.4) is 0 Å². The lowest BCUT2D eigenvalue weighted by Crippen LogP contribution is -2.20. The van der Waals surface area contributed by atoms with Gasteiger partial charge in [0.1, 0.15) is 5.82 Å². The van der Waals surface area contributed by atoms with Crippen molar-refractivity contribution in [2.24, 2.45) is 0 Å². The van der Waals surface area contributed by atoms with Crippen molar-refractivity contribution in [3.63, 3.8) is 0 Å². The molecule has 0 unspecified atom stereocenters. The van der Waals surface area contributed by atoms with Crippen molar-refractivity contribution in [2.75, 3.05) is 7.05 Å². The summed E-state index contributed by atoms with van der Waals surface area (Å²) in [7, 11) is 1.52. The van der Waals surface area contributed by atoms with E-state index >= 15 is 0 Å². The molecule has 0 saturated heterocycles. The number of rotatable bonds is 2. The molecule has 0 atom stereocenters. The fourth-order valence-electron chi connectivity index (χ4n) is 0.950. The topological polar surface area (TPSA) is 29.1 Å². The van der Waals surface area contributed by atoms with E-state index in [1.807, 2.05) is 0 Å². The Morgan fingerprint density at radius 2 is 2.31 bits per heavy atom. The van der Waals surface area contributed by atoms with Crippen LogP contribution < -0.4 is 5.32 Å². The first-order valence-corrected chi connectivity index (χ1v) is 4.58. The highest BCUT2D eigenvalue weighted by molar-refractivity contribution is 9.10. The Balaban J connectivity index is 2.93. The normalized spacial score (nSPS) is 9.77. The molecule has 0 aliphatic rings. The third-order valence-electron chi connectivity index (χ3n) is 1.68. The van der Waals surface area contributed by atoms with Crippen LogP contribution in [-0.4, -0.2) is 13.0 Å². The second kappa shape index (κ2) is 4.37. The Labute approximate surface area is 84.3 Å². The van der Waals surface area contributed by atoms with Crippen molar-refractivity contribution in [1.29, 1.82) is 0 Å². The summed E-state index contributed by atoms with van der Waals surface area (Å²) in [6, 6.07) is 4.64. The molecule has 1 amide bonds. The summed E-state index contributed by atoms with van der Waals surface area (Å²) < 4.78 is 13.8. The van der Waals surface area contributed by atoms with Gasteiger partial charge in [0.25, 0.3) is 0 Å². The first-order valence-electron chi connectivity index (χ1n) is 3.78. The van der Waals surface area contributed by atoms with Gasteiger partial charge in [0.15, 0.2) is 0 Å². The summed E-state index contributed by atoms with van der Waals surface area (Å²) in [6.45, 7) is 0. The molecule has 1 aromatic rings. The number of amides is 1. The average molecular weight is 246 g/mol. The first kappa shape index (κ1) is 10.2. The maximum Gasteiger partial charge on any atom is 0.224 e. The van der Waals surface area contributed by atoms with Crippen LogP contribution in [0.5, 0.6) is 0 Å². The Bertz CT molecular complexity index is 307. The minimum atomic E-state index is -0.363. The zero-order valence-electron chi connectivity index (χ0n) is 7.10. The molecule has 0 saturated carbocycles. The van der Waals surface area contributed by atoms with Crippen molar-refractivity contribution in [1.82, 2.24) is 5.32 Å². The maximum atomic E-state index is 13.1. The van der Waals surface area contributed by atoms with E-state index in [1.54, 1.807) is 12.1 Å². The number of halogens is 2. The molecule has 13 heavy (non-hydrogen) atoms. The summed E-state index contributed by atoms with van der Waals surface area (Å²) >= 11 is 3.18. The number of hydrogen-bond acceptors (Lipinski definition) is 1. The predicted octanol–water partition coefficient (Wildman–Crippen LogP) is 1.88. The number of carbonyl (C=O) groups excluding carboxylic acids is 1. The van der Waals surface area contributed by atoms with E-state index in [0.29, 0.717) is 10.0 Å². The van der Waals surface area contributed by atoms with Crippen LogP contribution in [0.2, 0.25) is 0 Å². The number of carbonyl (C=O) groups is 1. The van der Waals surface area contributed by atoms with Crippen molar-refractivity contribution < 1.29 is 9.18 Å². The van der Waals surface area contributed by atoms with E-state index in [2.05, 4.69) is 21.2 Å². The van der Waals surface area contributed by atoms with Gasteiger partial charge in [-0.1, -0.05) is 22.0 Å². The minimum absolute atomic E-state index is 0.0593. The lowest BCUT2D eigenvalue weighted by molar-refractivity contribution is -0.120. The highest BCUT2D eigenvalue weighted by atomic mass is 79.9. The Morgan fingerprint density at radius 1 is 1.62 bits per heavy atom. The molecule has 0 heterocycles. The van der Waals surface area contributed by atoms with Crippen molar-refractivity contribution in [3.8, 4) is 0 Å². The molecule has 0 aromatic heterocycles. The van der Waals surface area contributed by atoms with Crippen LogP contribution >= 0.6 is 15.9 Å². The molecule has 1 rings (SSSR count). The Kier molecular flexibility index (Phi) is 3.42. The molecule has 0 spiro atoms. The summed E-state index contributed by atoms with van der Waals surface area (Å²) in [5.74, 6) is -0.566. The zero-order chi connectivity index (χ0) is 9.84. The molecule has 4 heteroatoms. The van der Waals surface area contributed by atoms with E-state index in [1.165, 1.54) is 13.1 Å². The molecule has 0 bridgehead atoms. The Hall–Kier alpha value is -0.900. The average Bonchev–Trinajstić information content (AvgIpc) is 2.11. The summed E-state index contributed by atoms with van der Waals surface area (Å²) in [6.07, 6.45) is 0.0593. The molecule has 1 aromatic carbocycles. The molecular weight excluding hydrogens is 237 g/mol. The van der Waals surface area contributed by atoms with Crippen LogP contribution in [0.4, 0.5) is 4.39 Å². The van der Waals surface area contributed by atoms with E-state index < -0.39 is 0 Å². The van der Waals surface area contributed by atoms with Crippen molar-refractivity contribution in [3.05, 3.63) is 34.1 Å². The van der Waals surface area contributed by atoms with Crippen molar-refractivity contribution >= 4 is 21.8 Å². The van der Waals surface area contributed by atoms with Crippen LogP contribution in [0.15, 0.2) is 22.7 Å². The summed E-state index contributed by atoms with van der Waals surface area (Å²) in [4.78, 5) is 11.0. The number of nitrogens with one attached hydrogen (secondary N) is 1. The second-order valence-corrected chi connectivity index (χ2v) is 3.40. The summed E-state index contributed by atoms with van der Waals surface area (Å²) in [5.41, 5.74) is 0.391. The fraction of sp³-hybridized carbons (Fsp3) is 0.222. The van der Waals surface area contributed by atoms with E-state index in [9.17, 15) is 9.18 Å². The van der Waals surface area contributed by atoms with Crippen LogP contribution in [-0.2, 0) is 11.2 Å². The minimum Gasteiger partial charge on any atom is -0.359 e.